The minimum Gasteiger partial charge on any atom is -0.338 e. The molecule has 2 aliphatic rings. The summed E-state index contributed by atoms with van der Waals surface area (Å²) in [6.45, 7) is 3.59. The van der Waals surface area contributed by atoms with Crippen molar-refractivity contribution in [1.82, 2.24) is 4.90 Å². The van der Waals surface area contributed by atoms with Crippen LogP contribution in [0.3, 0.4) is 0 Å². The Kier molecular flexibility index (Phi) is 5.19. The smallest absolute Gasteiger partial charge is 0.228 e. The van der Waals surface area contributed by atoms with E-state index in [1.165, 1.54) is 5.56 Å². The summed E-state index contributed by atoms with van der Waals surface area (Å²) in [4.78, 5) is 26.0. The van der Waals surface area contributed by atoms with Gasteiger partial charge in [0, 0.05) is 31.2 Å². The molecule has 5 heteroatoms. The first-order valence-corrected chi connectivity index (χ1v) is 8.99. The number of benzene rings is 1. The van der Waals surface area contributed by atoms with Gasteiger partial charge in [-0.2, -0.15) is 0 Å². The molecule has 0 radical (unpaired) electrons. The lowest BCUT2D eigenvalue weighted by Crippen LogP contribution is -2.51. The minimum absolute atomic E-state index is 0.0596. The Hall–Kier alpha value is -1.88. The van der Waals surface area contributed by atoms with Crippen molar-refractivity contribution in [1.29, 1.82) is 0 Å². The molecule has 0 aliphatic carbocycles. The second-order valence-corrected chi connectivity index (χ2v) is 7.08. The van der Waals surface area contributed by atoms with Crippen molar-refractivity contribution in [2.45, 2.75) is 51.5 Å². The van der Waals surface area contributed by atoms with Gasteiger partial charge in [0.2, 0.25) is 11.8 Å². The molecule has 5 nitrogen and oxygen atoms in total. The first kappa shape index (κ1) is 17.0. The van der Waals surface area contributed by atoms with Gasteiger partial charge in [-0.3, -0.25) is 9.59 Å². The lowest BCUT2D eigenvalue weighted by Gasteiger charge is -2.39. The Morgan fingerprint density at radius 1 is 1.42 bits per heavy atom. The fourth-order valence-electron chi connectivity index (χ4n) is 3.94. The number of rotatable bonds is 5. The Balaban J connectivity index is 1.52. The van der Waals surface area contributed by atoms with Gasteiger partial charge in [0.05, 0.1) is 6.42 Å². The number of piperidine rings is 1. The molecule has 0 bridgehead atoms. The predicted octanol–water partition coefficient (Wildman–Crippen LogP) is 2.09. The number of fused-ring (bicyclic) bond motifs is 1. The molecule has 0 spiro atoms. The Morgan fingerprint density at radius 3 is 3.04 bits per heavy atom. The summed E-state index contributed by atoms with van der Waals surface area (Å²) >= 11 is 0. The highest BCUT2D eigenvalue weighted by molar-refractivity contribution is 5.99. The maximum Gasteiger partial charge on any atom is 0.228 e. The molecule has 3 N–H and O–H groups in total. The van der Waals surface area contributed by atoms with Crippen LogP contribution in [0.1, 0.15) is 43.7 Å². The molecule has 130 valence electrons. The van der Waals surface area contributed by atoms with Crippen molar-refractivity contribution < 1.29 is 9.59 Å². The second-order valence-electron chi connectivity index (χ2n) is 7.08. The minimum atomic E-state index is 0.0596. The number of carbonyl (C=O) groups is 2. The highest BCUT2D eigenvalue weighted by Gasteiger charge is 2.30. The third kappa shape index (κ3) is 3.61. The molecule has 2 unspecified atom stereocenters. The van der Waals surface area contributed by atoms with E-state index in [0.29, 0.717) is 25.3 Å². The zero-order chi connectivity index (χ0) is 17.1. The fraction of sp³-hybridized carbons (Fsp3) is 0.579. The van der Waals surface area contributed by atoms with Gasteiger partial charge in [0.1, 0.15) is 0 Å². The first-order valence-electron chi connectivity index (χ1n) is 8.99. The summed E-state index contributed by atoms with van der Waals surface area (Å²) < 4.78 is 0. The second kappa shape index (κ2) is 7.34. The van der Waals surface area contributed by atoms with Crippen LogP contribution in [0.25, 0.3) is 0 Å². The van der Waals surface area contributed by atoms with Crippen LogP contribution >= 0.6 is 0 Å². The molecule has 1 aromatic rings. The van der Waals surface area contributed by atoms with E-state index in [4.69, 9.17) is 5.73 Å². The topological polar surface area (TPSA) is 75.4 Å². The van der Waals surface area contributed by atoms with Gasteiger partial charge in [-0.1, -0.05) is 19.1 Å². The summed E-state index contributed by atoms with van der Waals surface area (Å²) in [5, 5.41) is 2.85. The number of anilines is 1. The van der Waals surface area contributed by atoms with Gasteiger partial charge in [-0.05, 0) is 48.8 Å². The Labute approximate surface area is 143 Å². The van der Waals surface area contributed by atoms with Crippen LogP contribution in [0.5, 0.6) is 0 Å². The van der Waals surface area contributed by atoms with Crippen LogP contribution in [-0.2, 0) is 22.4 Å². The average Bonchev–Trinajstić information content (AvgIpc) is 2.93. The van der Waals surface area contributed by atoms with E-state index in [1.807, 2.05) is 17.0 Å². The van der Waals surface area contributed by atoms with Crippen LogP contribution in [-0.4, -0.2) is 35.8 Å². The molecule has 1 aromatic carbocycles. The number of likely N-dealkylation sites (tertiary alicyclic amines) is 1. The molecule has 1 fully saturated rings. The zero-order valence-corrected chi connectivity index (χ0v) is 14.4. The lowest BCUT2D eigenvalue weighted by molar-refractivity contribution is -0.136. The molecule has 24 heavy (non-hydrogen) atoms. The summed E-state index contributed by atoms with van der Waals surface area (Å²) in [6, 6.07) is 6.29. The lowest BCUT2D eigenvalue weighted by atomic mass is 9.90. The largest absolute Gasteiger partial charge is 0.338 e. The van der Waals surface area contributed by atoms with Gasteiger partial charge in [-0.15, -0.1) is 0 Å². The number of nitrogens with zero attached hydrogens (tertiary/aromatic N) is 1. The van der Waals surface area contributed by atoms with Gasteiger partial charge in [0.25, 0.3) is 0 Å². The number of hydrogen-bond acceptors (Lipinski definition) is 3. The predicted molar refractivity (Wildman–Crippen MR) is 94.7 cm³/mol. The summed E-state index contributed by atoms with van der Waals surface area (Å²) in [5.74, 6) is 0.786. The first-order chi connectivity index (χ1) is 11.6. The number of amides is 2. The molecule has 3 rings (SSSR count). The molecular weight excluding hydrogens is 302 g/mol. The highest BCUT2D eigenvalue weighted by Crippen LogP contribution is 2.26. The van der Waals surface area contributed by atoms with E-state index in [1.54, 1.807) is 0 Å². The number of nitrogens with one attached hydrogen (secondary N) is 1. The SMILES string of the molecule is CC1CCCN(C(=O)CCCc2ccc3c(c2)CC(=O)N3)C1CN. The van der Waals surface area contributed by atoms with E-state index in [-0.39, 0.29) is 17.9 Å². The third-order valence-corrected chi connectivity index (χ3v) is 5.33. The molecule has 2 atom stereocenters. The zero-order valence-electron chi connectivity index (χ0n) is 14.4. The van der Waals surface area contributed by atoms with Crippen LogP contribution < -0.4 is 11.1 Å². The van der Waals surface area contributed by atoms with E-state index >= 15 is 0 Å². The maximum absolute atomic E-state index is 12.5. The van der Waals surface area contributed by atoms with Crippen LogP contribution in [0.4, 0.5) is 5.69 Å². The average molecular weight is 329 g/mol. The number of hydrogen-bond donors (Lipinski definition) is 2. The van der Waals surface area contributed by atoms with Crippen molar-refractivity contribution in [3.8, 4) is 0 Å². The van der Waals surface area contributed by atoms with Crippen LogP contribution in [0.2, 0.25) is 0 Å². The van der Waals surface area contributed by atoms with Gasteiger partial charge >= 0.3 is 0 Å². The molecule has 2 aliphatic heterocycles. The summed E-state index contributed by atoms with van der Waals surface area (Å²) in [7, 11) is 0. The third-order valence-electron chi connectivity index (χ3n) is 5.33. The van der Waals surface area contributed by atoms with E-state index in [0.717, 1.165) is 43.5 Å². The monoisotopic (exact) mass is 329 g/mol. The highest BCUT2D eigenvalue weighted by atomic mass is 16.2. The molecule has 2 amide bonds. The quantitative estimate of drug-likeness (QED) is 0.868. The molecule has 2 heterocycles. The molecular formula is C19H27N3O2. The van der Waals surface area contributed by atoms with Crippen LogP contribution in [0.15, 0.2) is 18.2 Å². The Bertz CT molecular complexity index is 629. The van der Waals surface area contributed by atoms with Crippen molar-refractivity contribution in [3.05, 3.63) is 29.3 Å². The fourth-order valence-corrected chi connectivity index (χ4v) is 3.94. The van der Waals surface area contributed by atoms with Gasteiger partial charge in [-0.25, -0.2) is 0 Å². The Morgan fingerprint density at radius 2 is 2.25 bits per heavy atom. The number of carbonyl (C=O) groups excluding carboxylic acids is 2. The number of aryl methyl sites for hydroxylation is 1. The van der Waals surface area contributed by atoms with E-state index in [2.05, 4.69) is 18.3 Å². The van der Waals surface area contributed by atoms with Crippen molar-refractivity contribution >= 4 is 17.5 Å². The molecule has 0 aromatic heterocycles. The van der Waals surface area contributed by atoms with Crippen molar-refractivity contribution in [2.75, 3.05) is 18.4 Å². The van der Waals surface area contributed by atoms with E-state index in [9.17, 15) is 9.59 Å². The number of nitrogens with two attached hydrogens (primary N) is 1. The summed E-state index contributed by atoms with van der Waals surface area (Å²) in [6.07, 6.45) is 4.97. The summed E-state index contributed by atoms with van der Waals surface area (Å²) in [5.41, 5.74) is 9.06. The molecule has 0 saturated carbocycles. The maximum atomic E-state index is 12.5. The van der Waals surface area contributed by atoms with Gasteiger partial charge in [0.15, 0.2) is 0 Å². The van der Waals surface area contributed by atoms with E-state index < -0.39 is 0 Å². The van der Waals surface area contributed by atoms with Crippen molar-refractivity contribution in [2.24, 2.45) is 11.7 Å². The van der Waals surface area contributed by atoms with Crippen LogP contribution in [0, 0.1) is 5.92 Å². The molecule has 1 saturated heterocycles. The van der Waals surface area contributed by atoms with Gasteiger partial charge < -0.3 is 16.0 Å². The normalized spacial score (nSPS) is 23.1. The van der Waals surface area contributed by atoms with Crippen molar-refractivity contribution in [3.63, 3.8) is 0 Å². The standard InChI is InChI=1S/C19H27N3O2/c1-13-4-3-9-22(17(13)12-20)19(24)6-2-5-14-7-8-16-15(10-14)11-18(23)21-16/h7-8,10,13,17H,2-6,9,11-12,20H2,1H3,(H,21,23).